The van der Waals surface area contributed by atoms with Gasteiger partial charge in [0.1, 0.15) is 0 Å². The molecule has 2 unspecified atom stereocenters. The number of allylic oxidation sites excluding steroid dienone is 1. The van der Waals surface area contributed by atoms with Gasteiger partial charge in [0.25, 0.3) is 0 Å². The first-order valence-electron chi connectivity index (χ1n) is 6.13. The van der Waals surface area contributed by atoms with E-state index in [1.54, 1.807) is 0 Å². The summed E-state index contributed by atoms with van der Waals surface area (Å²) in [6.45, 7) is 0. The van der Waals surface area contributed by atoms with Crippen LogP contribution in [0, 0.1) is 0 Å². The van der Waals surface area contributed by atoms with E-state index in [2.05, 4.69) is 17.1 Å². The van der Waals surface area contributed by atoms with E-state index in [9.17, 15) is 5.11 Å². The quantitative estimate of drug-likeness (QED) is 0.730. The Balaban J connectivity index is 1.98. The molecule has 0 aliphatic heterocycles. The van der Waals surface area contributed by atoms with E-state index >= 15 is 0 Å². The molecule has 2 nitrogen and oxygen atoms in total. The van der Waals surface area contributed by atoms with Crippen molar-refractivity contribution in [2.45, 2.75) is 43.6 Å². The SMILES string of the molecule is OC1(C2CCc3cccnc32)C=CCCC1. The van der Waals surface area contributed by atoms with Crippen LogP contribution in [0.5, 0.6) is 0 Å². The van der Waals surface area contributed by atoms with Crippen molar-refractivity contribution in [2.24, 2.45) is 0 Å². The summed E-state index contributed by atoms with van der Waals surface area (Å²) in [6.07, 6.45) is 11.1. The van der Waals surface area contributed by atoms with Crippen molar-refractivity contribution in [3.05, 3.63) is 41.7 Å². The third-order valence-electron chi connectivity index (χ3n) is 3.92. The molecular weight excluding hydrogens is 198 g/mol. The number of hydrogen-bond acceptors (Lipinski definition) is 2. The molecule has 0 saturated heterocycles. The van der Waals surface area contributed by atoms with Crippen LogP contribution in [0.15, 0.2) is 30.5 Å². The Morgan fingerprint density at radius 2 is 2.38 bits per heavy atom. The highest BCUT2D eigenvalue weighted by atomic mass is 16.3. The average molecular weight is 215 g/mol. The van der Waals surface area contributed by atoms with Crippen molar-refractivity contribution < 1.29 is 5.11 Å². The maximum atomic E-state index is 10.7. The molecule has 16 heavy (non-hydrogen) atoms. The van der Waals surface area contributed by atoms with Crippen molar-refractivity contribution in [2.75, 3.05) is 0 Å². The summed E-state index contributed by atoms with van der Waals surface area (Å²) in [5.74, 6) is 0.209. The van der Waals surface area contributed by atoms with Crippen molar-refractivity contribution in [1.82, 2.24) is 4.98 Å². The highest BCUT2D eigenvalue weighted by Gasteiger charge is 2.40. The molecule has 2 atom stereocenters. The summed E-state index contributed by atoms with van der Waals surface area (Å²) in [7, 11) is 0. The number of aliphatic hydroxyl groups is 1. The minimum Gasteiger partial charge on any atom is -0.385 e. The third kappa shape index (κ3) is 1.49. The fourth-order valence-electron chi connectivity index (χ4n) is 3.06. The number of nitrogens with zero attached hydrogens (tertiary/aromatic N) is 1. The average Bonchev–Trinajstić information content (AvgIpc) is 2.74. The molecule has 0 radical (unpaired) electrons. The molecule has 2 heteroatoms. The van der Waals surface area contributed by atoms with Crippen LogP contribution in [0.25, 0.3) is 0 Å². The fraction of sp³-hybridized carbons (Fsp3) is 0.500. The van der Waals surface area contributed by atoms with Gasteiger partial charge in [-0.2, -0.15) is 0 Å². The maximum absolute atomic E-state index is 10.7. The molecule has 3 rings (SSSR count). The minimum atomic E-state index is -0.641. The predicted molar refractivity (Wildman–Crippen MR) is 63.2 cm³/mol. The molecule has 2 aliphatic rings. The van der Waals surface area contributed by atoms with Crippen molar-refractivity contribution >= 4 is 0 Å². The van der Waals surface area contributed by atoms with E-state index < -0.39 is 5.60 Å². The lowest BCUT2D eigenvalue weighted by atomic mass is 9.78. The van der Waals surface area contributed by atoms with Gasteiger partial charge in [0.15, 0.2) is 0 Å². The highest BCUT2D eigenvalue weighted by Crippen LogP contribution is 2.43. The second-order valence-corrected chi connectivity index (χ2v) is 4.92. The van der Waals surface area contributed by atoms with Crippen molar-refractivity contribution in [3.63, 3.8) is 0 Å². The molecule has 2 aliphatic carbocycles. The number of aryl methyl sites for hydroxylation is 1. The molecule has 1 aromatic heterocycles. The standard InChI is InChI=1S/C14H17NO/c16-14(8-2-1-3-9-14)12-7-6-11-5-4-10-15-13(11)12/h2,4-5,8,10,12,16H,1,3,6-7,9H2. The van der Waals surface area contributed by atoms with Crippen LogP contribution < -0.4 is 0 Å². The summed E-state index contributed by atoms with van der Waals surface area (Å²) in [5.41, 5.74) is 1.80. The molecule has 0 saturated carbocycles. The van der Waals surface area contributed by atoms with Crippen LogP contribution in [0.3, 0.4) is 0 Å². The lowest BCUT2D eigenvalue weighted by Crippen LogP contribution is -2.34. The largest absolute Gasteiger partial charge is 0.385 e. The minimum absolute atomic E-state index is 0.209. The van der Waals surface area contributed by atoms with Crippen molar-refractivity contribution in [1.29, 1.82) is 0 Å². The Morgan fingerprint density at radius 3 is 3.19 bits per heavy atom. The monoisotopic (exact) mass is 215 g/mol. The molecular formula is C14H17NO. The molecule has 0 fully saturated rings. The highest BCUT2D eigenvalue weighted by molar-refractivity contribution is 5.33. The van der Waals surface area contributed by atoms with Gasteiger partial charge in [-0.05, 0) is 43.7 Å². The van der Waals surface area contributed by atoms with Gasteiger partial charge in [-0.15, -0.1) is 0 Å². The Kier molecular flexibility index (Phi) is 2.32. The lowest BCUT2D eigenvalue weighted by Gasteiger charge is -2.33. The van der Waals surface area contributed by atoms with Gasteiger partial charge in [0, 0.05) is 17.8 Å². The molecule has 1 aromatic rings. The Hall–Kier alpha value is -1.15. The zero-order valence-electron chi connectivity index (χ0n) is 9.39. The second kappa shape index (κ2) is 3.70. The molecule has 0 aromatic carbocycles. The fourth-order valence-corrected chi connectivity index (χ4v) is 3.06. The zero-order valence-corrected chi connectivity index (χ0v) is 9.39. The van der Waals surface area contributed by atoms with Crippen LogP contribution in [0.2, 0.25) is 0 Å². The second-order valence-electron chi connectivity index (χ2n) is 4.92. The maximum Gasteiger partial charge on any atom is 0.0911 e. The summed E-state index contributed by atoms with van der Waals surface area (Å²) < 4.78 is 0. The van der Waals surface area contributed by atoms with Crippen LogP contribution in [-0.2, 0) is 6.42 Å². The van der Waals surface area contributed by atoms with Gasteiger partial charge in [-0.25, -0.2) is 0 Å². The van der Waals surface area contributed by atoms with Gasteiger partial charge >= 0.3 is 0 Å². The van der Waals surface area contributed by atoms with Crippen LogP contribution in [-0.4, -0.2) is 15.7 Å². The number of fused-ring (bicyclic) bond motifs is 1. The van der Waals surface area contributed by atoms with Gasteiger partial charge in [-0.3, -0.25) is 4.98 Å². The molecule has 1 N–H and O–H groups in total. The lowest BCUT2D eigenvalue weighted by molar-refractivity contribution is 0.0445. The summed E-state index contributed by atoms with van der Waals surface area (Å²) >= 11 is 0. The Bertz CT molecular complexity index is 426. The number of hydrogen-bond donors (Lipinski definition) is 1. The smallest absolute Gasteiger partial charge is 0.0911 e. The van der Waals surface area contributed by atoms with Crippen molar-refractivity contribution in [3.8, 4) is 0 Å². The zero-order chi connectivity index (χ0) is 11.0. The Labute approximate surface area is 96.0 Å². The van der Waals surface area contributed by atoms with E-state index in [4.69, 9.17) is 0 Å². The van der Waals surface area contributed by atoms with Gasteiger partial charge in [0.05, 0.1) is 5.60 Å². The van der Waals surface area contributed by atoms with Crippen LogP contribution in [0.4, 0.5) is 0 Å². The molecule has 1 heterocycles. The normalized spacial score (nSPS) is 32.7. The van der Waals surface area contributed by atoms with E-state index in [0.29, 0.717) is 0 Å². The number of aromatic nitrogens is 1. The summed E-state index contributed by atoms with van der Waals surface area (Å²) in [4.78, 5) is 4.47. The van der Waals surface area contributed by atoms with Gasteiger partial charge < -0.3 is 5.11 Å². The van der Waals surface area contributed by atoms with E-state index in [0.717, 1.165) is 37.8 Å². The molecule has 0 amide bonds. The predicted octanol–water partition coefficient (Wildman–Crippen LogP) is 2.58. The van der Waals surface area contributed by atoms with E-state index in [1.807, 2.05) is 18.3 Å². The molecule has 84 valence electrons. The third-order valence-corrected chi connectivity index (χ3v) is 3.92. The van der Waals surface area contributed by atoms with Gasteiger partial charge in [-0.1, -0.05) is 18.2 Å². The Morgan fingerprint density at radius 1 is 1.44 bits per heavy atom. The summed E-state index contributed by atoms with van der Waals surface area (Å²) in [6, 6.07) is 4.13. The first kappa shape index (κ1) is 10.0. The summed E-state index contributed by atoms with van der Waals surface area (Å²) in [5, 5.41) is 10.7. The van der Waals surface area contributed by atoms with Gasteiger partial charge in [0.2, 0.25) is 0 Å². The van der Waals surface area contributed by atoms with Crippen LogP contribution in [0.1, 0.15) is 42.9 Å². The topological polar surface area (TPSA) is 33.1 Å². The van der Waals surface area contributed by atoms with E-state index in [-0.39, 0.29) is 5.92 Å². The first-order valence-corrected chi connectivity index (χ1v) is 6.13. The molecule has 0 spiro atoms. The number of rotatable bonds is 1. The van der Waals surface area contributed by atoms with E-state index in [1.165, 1.54) is 5.56 Å². The first-order chi connectivity index (χ1) is 7.80. The molecule has 0 bridgehead atoms. The number of pyridine rings is 1. The van der Waals surface area contributed by atoms with Crippen LogP contribution >= 0.6 is 0 Å².